The predicted molar refractivity (Wildman–Crippen MR) is 86.0 cm³/mol. The van der Waals surface area contributed by atoms with E-state index in [1.807, 2.05) is 26.8 Å². The molecule has 1 aromatic carbocycles. The summed E-state index contributed by atoms with van der Waals surface area (Å²) in [7, 11) is -0.292. The summed E-state index contributed by atoms with van der Waals surface area (Å²) >= 11 is 0. The zero-order valence-corrected chi connectivity index (χ0v) is 14.4. The Hall–Kier alpha value is -1.56. The third kappa shape index (κ3) is 4.20. The van der Waals surface area contributed by atoms with Crippen molar-refractivity contribution in [3.63, 3.8) is 0 Å². The molecule has 21 heavy (non-hydrogen) atoms. The van der Waals surface area contributed by atoms with E-state index in [-0.39, 0.29) is 5.91 Å². The van der Waals surface area contributed by atoms with Crippen LogP contribution in [0, 0.1) is 13.8 Å². The Morgan fingerprint density at radius 2 is 1.62 bits per heavy atom. The summed E-state index contributed by atoms with van der Waals surface area (Å²) in [4.78, 5) is 13.8. The van der Waals surface area contributed by atoms with Crippen LogP contribution in [0.5, 0.6) is 0 Å². The first-order chi connectivity index (χ1) is 9.57. The molecule has 0 N–H and O–H groups in total. The lowest BCUT2D eigenvalue weighted by Crippen LogP contribution is -2.48. The van der Waals surface area contributed by atoms with Gasteiger partial charge in [0.15, 0.2) is 0 Å². The first-order valence-electron chi connectivity index (χ1n) is 6.86. The molecule has 0 aliphatic rings. The molecule has 0 saturated heterocycles. The van der Waals surface area contributed by atoms with E-state index in [2.05, 4.69) is 0 Å². The van der Waals surface area contributed by atoms with E-state index in [4.69, 9.17) is 0 Å². The summed E-state index contributed by atoms with van der Waals surface area (Å²) in [6, 6.07) is 4.83. The van der Waals surface area contributed by atoms with Crippen LogP contribution in [0.2, 0.25) is 0 Å². The molecular formula is C15H24N2O3S. The number of sulfonamides is 1. The Bertz CT molecular complexity index is 604. The van der Waals surface area contributed by atoms with E-state index in [1.54, 1.807) is 26.2 Å². The van der Waals surface area contributed by atoms with E-state index in [9.17, 15) is 13.2 Å². The number of hydrogen-bond donors (Lipinski definition) is 0. The van der Waals surface area contributed by atoms with Crippen molar-refractivity contribution >= 4 is 21.6 Å². The Labute approximate surface area is 127 Å². The first-order valence-corrected chi connectivity index (χ1v) is 8.71. The summed E-state index contributed by atoms with van der Waals surface area (Å²) in [6.07, 6.45) is 1.55. The van der Waals surface area contributed by atoms with Crippen molar-refractivity contribution in [1.82, 2.24) is 4.90 Å². The summed E-state index contributed by atoms with van der Waals surface area (Å²) < 4.78 is 25.7. The minimum atomic E-state index is -3.56. The van der Waals surface area contributed by atoms with E-state index in [1.165, 1.54) is 9.21 Å². The fraction of sp³-hybridized carbons (Fsp3) is 0.533. The zero-order chi connectivity index (χ0) is 16.4. The van der Waals surface area contributed by atoms with Gasteiger partial charge in [-0.05, 0) is 43.5 Å². The van der Waals surface area contributed by atoms with Crippen LogP contribution in [0.25, 0.3) is 0 Å². The molecule has 0 aliphatic carbocycles. The van der Waals surface area contributed by atoms with Crippen molar-refractivity contribution in [3.05, 3.63) is 29.3 Å². The second-order valence-electron chi connectivity index (χ2n) is 5.56. The SMILES string of the molecule is CC[C@H](C(=O)N(C)C)N(c1cc(C)cc(C)c1)S(C)(=O)=O. The molecule has 5 nitrogen and oxygen atoms in total. The van der Waals surface area contributed by atoms with Crippen molar-refractivity contribution in [2.24, 2.45) is 0 Å². The van der Waals surface area contributed by atoms with E-state index in [0.29, 0.717) is 12.1 Å². The van der Waals surface area contributed by atoms with Gasteiger partial charge in [0.05, 0.1) is 11.9 Å². The standard InChI is InChI=1S/C15H24N2O3S/c1-7-14(15(18)16(4)5)17(21(6,19)20)13-9-11(2)8-12(3)10-13/h8-10,14H,7H2,1-6H3/t14-/m1/s1. The molecule has 0 unspecified atom stereocenters. The molecule has 1 atom stereocenters. The molecule has 0 saturated carbocycles. The molecule has 0 aromatic heterocycles. The number of anilines is 1. The summed E-state index contributed by atoms with van der Waals surface area (Å²) in [5, 5.41) is 0. The fourth-order valence-electron chi connectivity index (χ4n) is 2.42. The van der Waals surface area contributed by atoms with Crippen LogP contribution in [0.4, 0.5) is 5.69 Å². The highest BCUT2D eigenvalue weighted by atomic mass is 32.2. The molecule has 1 amide bonds. The molecule has 0 bridgehead atoms. The largest absolute Gasteiger partial charge is 0.347 e. The van der Waals surface area contributed by atoms with Gasteiger partial charge in [0.25, 0.3) is 0 Å². The predicted octanol–water partition coefficient (Wildman–Crippen LogP) is 1.94. The second-order valence-corrected chi connectivity index (χ2v) is 7.42. The normalized spacial score (nSPS) is 12.9. The van der Waals surface area contributed by atoms with Gasteiger partial charge >= 0.3 is 0 Å². The third-order valence-electron chi connectivity index (χ3n) is 3.21. The summed E-state index contributed by atoms with van der Waals surface area (Å²) in [5.74, 6) is -0.220. The lowest BCUT2D eigenvalue weighted by Gasteiger charge is -2.32. The van der Waals surface area contributed by atoms with Crippen LogP contribution in [-0.2, 0) is 14.8 Å². The molecule has 0 heterocycles. The molecule has 1 aromatic rings. The van der Waals surface area contributed by atoms with Crippen molar-refractivity contribution in [1.29, 1.82) is 0 Å². The highest BCUT2D eigenvalue weighted by Crippen LogP contribution is 2.25. The van der Waals surface area contributed by atoms with Gasteiger partial charge in [0.2, 0.25) is 15.9 Å². The van der Waals surface area contributed by atoms with Crippen molar-refractivity contribution in [2.75, 3.05) is 24.7 Å². The van der Waals surface area contributed by atoms with Gasteiger partial charge in [-0.2, -0.15) is 0 Å². The Morgan fingerprint density at radius 3 is 1.95 bits per heavy atom. The maximum atomic E-state index is 12.3. The van der Waals surface area contributed by atoms with Gasteiger partial charge in [-0.3, -0.25) is 9.10 Å². The van der Waals surface area contributed by atoms with Crippen LogP contribution in [-0.4, -0.2) is 45.6 Å². The lowest BCUT2D eigenvalue weighted by atomic mass is 10.1. The highest BCUT2D eigenvalue weighted by Gasteiger charge is 2.32. The average Bonchev–Trinajstić information content (AvgIpc) is 2.31. The molecular weight excluding hydrogens is 288 g/mol. The van der Waals surface area contributed by atoms with E-state index < -0.39 is 16.1 Å². The number of hydrogen-bond acceptors (Lipinski definition) is 3. The van der Waals surface area contributed by atoms with Crippen molar-refractivity contribution in [3.8, 4) is 0 Å². The molecule has 1 rings (SSSR count). The lowest BCUT2D eigenvalue weighted by molar-refractivity contribution is -0.129. The molecule has 6 heteroatoms. The number of carbonyl (C=O) groups is 1. The quantitative estimate of drug-likeness (QED) is 0.835. The van der Waals surface area contributed by atoms with Crippen molar-refractivity contribution < 1.29 is 13.2 Å². The maximum absolute atomic E-state index is 12.3. The number of rotatable bonds is 5. The van der Waals surface area contributed by atoms with E-state index in [0.717, 1.165) is 17.4 Å². The molecule has 0 radical (unpaired) electrons. The second kappa shape index (κ2) is 6.47. The maximum Gasteiger partial charge on any atom is 0.245 e. The molecule has 118 valence electrons. The van der Waals surface area contributed by atoms with E-state index >= 15 is 0 Å². The number of nitrogens with zero attached hydrogens (tertiary/aromatic N) is 2. The third-order valence-corrected chi connectivity index (χ3v) is 4.39. The van der Waals surface area contributed by atoms with Gasteiger partial charge in [-0.15, -0.1) is 0 Å². The van der Waals surface area contributed by atoms with Gasteiger partial charge in [0, 0.05) is 14.1 Å². The number of carbonyl (C=O) groups excluding carboxylic acids is 1. The Morgan fingerprint density at radius 1 is 1.14 bits per heavy atom. The van der Waals surface area contributed by atoms with Crippen LogP contribution < -0.4 is 4.31 Å². The van der Waals surface area contributed by atoms with Crippen LogP contribution in [0.1, 0.15) is 24.5 Å². The smallest absolute Gasteiger partial charge is 0.245 e. The van der Waals surface area contributed by atoms with Crippen LogP contribution >= 0.6 is 0 Å². The molecule has 0 aliphatic heterocycles. The minimum absolute atomic E-state index is 0.220. The minimum Gasteiger partial charge on any atom is -0.347 e. The van der Waals surface area contributed by atoms with Crippen molar-refractivity contribution in [2.45, 2.75) is 33.2 Å². The topological polar surface area (TPSA) is 57.7 Å². The highest BCUT2D eigenvalue weighted by molar-refractivity contribution is 7.92. The van der Waals surface area contributed by atoms with Gasteiger partial charge < -0.3 is 4.90 Å². The van der Waals surface area contributed by atoms with Crippen LogP contribution in [0.3, 0.4) is 0 Å². The Kier molecular flexibility index (Phi) is 5.39. The molecule has 0 spiro atoms. The number of amides is 1. The number of aryl methyl sites for hydroxylation is 2. The first kappa shape index (κ1) is 17.5. The Balaban J connectivity index is 3.45. The summed E-state index contributed by atoms with van der Waals surface area (Å²) in [6.45, 7) is 5.63. The fourth-order valence-corrected chi connectivity index (χ4v) is 3.61. The summed E-state index contributed by atoms with van der Waals surface area (Å²) in [5.41, 5.74) is 2.47. The molecule has 0 fully saturated rings. The number of benzene rings is 1. The van der Waals surface area contributed by atoms with Gasteiger partial charge in [-0.25, -0.2) is 8.42 Å². The zero-order valence-electron chi connectivity index (χ0n) is 13.5. The van der Waals surface area contributed by atoms with Crippen LogP contribution in [0.15, 0.2) is 18.2 Å². The monoisotopic (exact) mass is 312 g/mol. The number of likely N-dealkylation sites (N-methyl/N-ethyl adjacent to an activating group) is 1. The average molecular weight is 312 g/mol. The van der Waals surface area contributed by atoms with Gasteiger partial charge in [-0.1, -0.05) is 13.0 Å². The van der Waals surface area contributed by atoms with Gasteiger partial charge in [0.1, 0.15) is 6.04 Å².